The Balaban J connectivity index is 0.000000780. The summed E-state index contributed by atoms with van der Waals surface area (Å²) in [5.41, 5.74) is 5.27. The van der Waals surface area contributed by atoms with Gasteiger partial charge in [-0.1, -0.05) is 82.8 Å². The summed E-state index contributed by atoms with van der Waals surface area (Å²) in [4.78, 5) is 7.34. The maximum absolute atomic E-state index is 5.93. The zero-order chi connectivity index (χ0) is 24.8. The van der Waals surface area contributed by atoms with Crippen molar-refractivity contribution in [1.82, 2.24) is 10.2 Å². The zero-order valence-electron chi connectivity index (χ0n) is 22.5. The van der Waals surface area contributed by atoms with Gasteiger partial charge in [0.15, 0.2) is 0 Å². The number of nitrogens with one attached hydrogen (secondary N) is 1. The summed E-state index contributed by atoms with van der Waals surface area (Å²) in [6.07, 6.45) is 22.1. The molecule has 3 aliphatic rings. The zero-order valence-corrected chi connectivity index (χ0v) is 22.5. The summed E-state index contributed by atoms with van der Waals surface area (Å²) in [7, 11) is 0. The van der Waals surface area contributed by atoms with Gasteiger partial charge in [-0.15, -0.1) is 6.42 Å². The fourth-order valence-corrected chi connectivity index (χ4v) is 4.88. The highest BCUT2D eigenvalue weighted by Crippen LogP contribution is 2.30. The summed E-state index contributed by atoms with van der Waals surface area (Å²) < 4.78 is 0. The fourth-order valence-electron chi connectivity index (χ4n) is 4.88. The lowest BCUT2D eigenvalue weighted by Gasteiger charge is -2.39. The first-order valence-electron chi connectivity index (χ1n) is 13.7. The Bertz CT molecular complexity index is 865. The number of aliphatic imine (C=N–C) groups is 1. The van der Waals surface area contributed by atoms with E-state index in [0.717, 1.165) is 36.5 Å². The van der Waals surface area contributed by atoms with Crippen LogP contribution in [0, 0.1) is 30.1 Å². The highest BCUT2D eigenvalue weighted by atomic mass is 15.2. The third kappa shape index (κ3) is 8.21. The largest absolute Gasteiger partial charge is 0.365 e. The van der Waals surface area contributed by atoms with Crippen LogP contribution >= 0.6 is 0 Å². The van der Waals surface area contributed by atoms with Gasteiger partial charge in [-0.05, 0) is 45.1 Å². The van der Waals surface area contributed by atoms with Crippen LogP contribution in [0.2, 0.25) is 0 Å². The molecule has 3 rings (SSSR count). The Morgan fingerprint density at radius 1 is 1.24 bits per heavy atom. The molecule has 0 spiro atoms. The van der Waals surface area contributed by atoms with Gasteiger partial charge >= 0.3 is 0 Å². The smallest absolute Gasteiger partial charge is 0.118 e. The van der Waals surface area contributed by atoms with Crippen LogP contribution in [0.15, 0.2) is 39.6 Å². The number of piperazine rings is 1. The third-order valence-corrected chi connectivity index (χ3v) is 6.95. The molecule has 0 aromatic heterocycles. The van der Waals surface area contributed by atoms with Crippen molar-refractivity contribution in [2.24, 2.45) is 10.9 Å². The molecule has 0 radical (unpaired) electrons. The minimum atomic E-state index is 0. The molecule has 3 heteroatoms. The molecule has 0 aromatic rings. The highest BCUT2D eigenvalue weighted by Gasteiger charge is 2.28. The molecule has 1 saturated heterocycles. The van der Waals surface area contributed by atoms with Gasteiger partial charge in [0, 0.05) is 44.2 Å². The van der Waals surface area contributed by atoms with Crippen molar-refractivity contribution in [3.8, 4) is 24.2 Å². The van der Waals surface area contributed by atoms with Gasteiger partial charge in [0.25, 0.3) is 0 Å². The summed E-state index contributed by atoms with van der Waals surface area (Å²) in [5.74, 6) is 10.4. The van der Waals surface area contributed by atoms with Crippen molar-refractivity contribution in [2.45, 2.75) is 98.4 Å². The molecular weight excluding hydrogens is 414 g/mol. The molecule has 1 aliphatic carbocycles. The molecule has 188 valence electrons. The average Bonchev–Trinajstić information content (AvgIpc) is 3.02. The maximum Gasteiger partial charge on any atom is 0.118 e. The van der Waals surface area contributed by atoms with Crippen molar-refractivity contribution in [3.63, 3.8) is 0 Å². The van der Waals surface area contributed by atoms with Crippen LogP contribution in [0.4, 0.5) is 0 Å². The molecule has 2 fully saturated rings. The fraction of sp³-hybridized carbons (Fsp3) is 0.645. The Morgan fingerprint density at radius 3 is 2.53 bits per heavy atom. The number of rotatable bonds is 5. The third-order valence-electron chi connectivity index (χ3n) is 6.95. The molecule has 2 aliphatic heterocycles. The van der Waals surface area contributed by atoms with E-state index in [4.69, 9.17) is 11.4 Å². The van der Waals surface area contributed by atoms with Crippen molar-refractivity contribution in [2.75, 3.05) is 26.2 Å². The minimum Gasteiger partial charge on any atom is -0.365 e. The second-order valence-electron chi connectivity index (χ2n) is 9.70. The maximum atomic E-state index is 5.93. The molecule has 3 nitrogen and oxygen atoms in total. The van der Waals surface area contributed by atoms with Crippen LogP contribution in [0.3, 0.4) is 0 Å². The molecule has 0 unspecified atom stereocenters. The first-order chi connectivity index (χ1) is 16.6. The van der Waals surface area contributed by atoms with Gasteiger partial charge in [0.2, 0.25) is 0 Å². The number of hydrogen-bond donors (Lipinski definition) is 1. The number of terminal acetylenes is 1. The quantitative estimate of drug-likeness (QED) is 0.353. The lowest BCUT2D eigenvalue weighted by molar-refractivity contribution is 0.226. The van der Waals surface area contributed by atoms with Gasteiger partial charge in [0.05, 0.1) is 12.2 Å². The number of allylic oxidation sites excluding steroid dienone is 4. The second kappa shape index (κ2) is 15.6. The Morgan fingerprint density at radius 2 is 1.94 bits per heavy atom. The van der Waals surface area contributed by atoms with E-state index in [1.54, 1.807) is 0 Å². The van der Waals surface area contributed by atoms with Crippen LogP contribution < -0.4 is 5.32 Å². The molecule has 34 heavy (non-hydrogen) atoms. The van der Waals surface area contributed by atoms with Crippen molar-refractivity contribution in [3.05, 3.63) is 34.6 Å². The van der Waals surface area contributed by atoms with Crippen molar-refractivity contribution < 1.29 is 1.43 Å². The second-order valence-corrected chi connectivity index (χ2v) is 9.70. The lowest BCUT2D eigenvalue weighted by Crippen LogP contribution is -2.49. The predicted molar refractivity (Wildman–Crippen MR) is 151 cm³/mol. The van der Waals surface area contributed by atoms with Gasteiger partial charge < -0.3 is 10.2 Å². The Kier molecular flexibility index (Phi) is 12.9. The van der Waals surface area contributed by atoms with Crippen LogP contribution in [0.5, 0.6) is 0 Å². The van der Waals surface area contributed by atoms with E-state index < -0.39 is 0 Å². The topological polar surface area (TPSA) is 27.6 Å². The van der Waals surface area contributed by atoms with Crippen molar-refractivity contribution in [1.29, 1.82) is 0 Å². The molecule has 0 amide bonds. The number of hydrogen-bond acceptors (Lipinski definition) is 3. The van der Waals surface area contributed by atoms with E-state index in [1.807, 2.05) is 13.0 Å². The first-order valence-corrected chi connectivity index (χ1v) is 13.7. The van der Waals surface area contributed by atoms with E-state index >= 15 is 0 Å². The van der Waals surface area contributed by atoms with Crippen LogP contribution in [0.25, 0.3) is 0 Å². The Labute approximate surface area is 211 Å². The normalized spacial score (nSPS) is 21.8. The van der Waals surface area contributed by atoms with Gasteiger partial charge in [0.1, 0.15) is 5.71 Å². The predicted octanol–water partition coefficient (Wildman–Crippen LogP) is 6.93. The van der Waals surface area contributed by atoms with Crippen LogP contribution in [-0.2, 0) is 0 Å². The van der Waals surface area contributed by atoms with Crippen LogP contribution in [-0.4, -0.2) is 42.8 Å². The van der Waals surface area contributed by atoms with Crippen molar-refractivity contribution >= 4 is 5.71 Å². The molecule has 2 heterocycles. The SMILES string of the molecule is C#C/C(=C/C)C1=C(N2CCNC[C@@H]2C)C(C)=CCN=C1C#CC1CCCCC1.CCCCCC.[HH]. The van der Waals surface area contributed by atoms with Gasteiger partial charge in [-0.25, -0.2) is 0 Å². The molecule has 1 saturated carbocycles. The van der Waals surface area contributed by atoms with E-state index in [1.165, 1.54) is 69.1 Å². The Hall–Kier alpha value is -2.23. The summed E-state index contributed by atoms with van der Waals surface area (Å²) in [5, 5.41) is 3.49. The molecule has 1 atom stereocenters. The summed E-state index contributed by atoms with van der Waals surface area (Å²) >= 11 is 0. The summed E-state index contributed by atoms with van der Waals surface area (Å²) in [6.45, 7) is 14.5. The standard InChI is InChI=1S/C25H33N3.C6H14.H2/c1-5-22(6-2)24-23(13-12-21-10-8-7-9-11-21)27-15-14-19(3)25(24)28-17-16-26-18-20(28)4;1-3-5-6-4-2;/h1,6,14,20-21,26H,7-11,15-18H2,2-4H3;3-6H2,1-2H3;1H/b22-6-;;/t20-;;/m0../s1. The van der Waals surface area contributed by atoms with Crippen LogP contribution in [0.1, 0.15) is 93.8 Å². The lowest BCUT2D eigenvalue weighted by atomic mass is 9.89. The highest BCUT2D eigenvalue weighted by molar-refractivity contribution is 6.17. The van der Waals surface area contributed by atoms with E-state index in [9.17, 15) is 0 Å². The number of nitrogens with zero attached hydrogens (tertiary/aromatic N) is 2. The van der Waals surface area contributed by atoms with Gasteiger partial charge in [-0.2, -0.15) is 0 Å². The van der Waals surface area contributed by atoms with Gasteiger partial charge in [-0.3, -0.25) is 4.99 Å². The van der Waals surface area contributed by atoms with E-state index in [2.05, 4.69) is 61.7 Å². The first kappa shape index (κ1) is 28.0. The number of unbranched alkanes of at least 4 members (excludes halogenated alkanes) is 3. The monoisotopic (exact) mass is 463 g/mol. The molecule has 0 aromatic carbocycles. The van der Waals surface area contributed by atoms with E-state index in [-0.39, 0.29) is 1.43 Å². The molecule has 1 N–H and O–H groups in total. The average molecular weight is 464 g/mol. The summed E-state index contributed by atoms with van der Waals surface area (Å²) in [6, 6.07) is 0.406. The molecule has 0 bridgehead atoms. The minimum absolute atomic E-state index is 0. The van der Waals surface area contributed by atoms with E-state index in [0.29, 0.717) is 18.5 Å². The molecular formula is C31H49N3.